The number of methoxy groups -OCH3 is 1. The van der Waals surface area contributed by atoms with Crippen molar-refractivity contribution in [1.82, 2.24) is 10.2 Å². The largest absolute Gasteiger partial charge is 0.468 e. The van der Waals surface area contributed by atoms with E-state index < -0.39 is 5.54 Å². The molecule has 2 saturated carbocycles. The van der Waals surface area contributed by atoms with Crippen LogP contribution in [0.15, 0.2) is 0 Å². The summed E-state index contributed by atoms with van der Waals surface area (Å²) in [6.07, 6.45) is 9.35. The third kappa shape index (κ3) is 3.98. The van der Waals surface area contributed by atoms with E-state index in [1.54, 1.807) is 0 Å². The number of unbranched alkanes of at least 4 members (excludes halogenated alkanes) is 1. The number of nitrogens with one attached hydrogen (secondary N) is 1. The van der Waals surface area contributed by atoms with Gasteiger partial charge in [-0.05, 0) is 58.0 Å². The van der Waals surface area contributed by atoms with Gasteiger partial charge in [0.15, 0.2) is 0 Å². The molecule has 4 nitrogen and oxygen atoms in total. The SMILES string of the molecule is CCCCN(C1CC1)C1CCCC(NCC)(C(=O)OC)C1. The third-order valence-corrected chi connectivity index (χ3v) is 5.07. The Bertz CT molecular complexity index is 340. The summed E-state index contributed by atoms with van der Waals surface area (Å²) >= 11 is 0. The molecule has 0 bridgehead atoms. The van der Waals surface area contributed by atoms with Crippen LogP contribution in [0.25, 0.3) is 0 Å². The summed E-state index contributed by atoms with van der Waals surface area (Å²) in [7, 11) is 1.51. The zero-order valence-electron chi connectivity index (χ0n) is 14.0. The summed E-state index contributed by atoms with van der Waals surface area (Å²) in [6, 6.07) is 1.31. The average molecular weight is 296 g/mol. The van der Waals surface area contributed by atoms with Crippen LogP contribution < -0.4 is 5.32 Å². The van der Waals surface area contributed by atoms with Gasteiger partial charge in [0.2, 0.25) is 0 Å². The van der Waals surface area contributed by atoms with Crippen molar-refractivity contribution in [3.05, 3.63) is 0 Å². The van der Waals surface area contributed by atoms with E-state index in [0.717, 1.165) is 31.8 Å². The van der Waals surface area contributed by atoms with Gasteiger partial charge in [-0.1, -0.05) is 20.3 Å². The van der Waals surface area contributed by atoms with Crippen LogP contribution in [0.3, 0.4) is 0 Å². The van der Waals surface area contributed by atoms with E-state index in [9.17, 15) is 4.79 Å². The molecule has 0 radical (unpaired) electrons. The summed E-state index contributed by atoms with van der Waals surface area (Å²) in [5, 5.41) is 3.45. The average Bonchev–Trinajstić information content (AvgIpc) is 3.32. The minimum absolute atomic E-state index is 0.0692. The minimum Gasteiger partial charge on any atom is -0.468 e. The van der Waals surface area contributed by atoms with Crippen molar-refractivity contribution >= 4 is 5.97 Å². The van der Waals surface area contributed by atoms with Crippen LogP contribution >= 0.6 is 0 Å². The standard InChI is InChI=1S/C17H32N2O2/c1-4-6-12-19(14-9-10-14)15-8-7-11-17(13-15,18-5-2)16(20)21-3/h14-15,18H,4-13H2,1-3H3. The molecule has 0 aromatic carbocycles. The molecular weight excluding hydrogens is 264 g/mol. The summed E-state index contributed by atoms with van der Waals surface area (Å²) < 4.78 is 5.11. The highest BCUT2D eigenvalue weighted by atomic mass is 16.5. The van der Waals surface area contributed by atoms with Gasteiger partial charge < -0.3 is 10.1 Å². The molecule has 0 spiro atoms. The molecule has 0 aromatic heterocycles. The lowest BCUT2D eigenvalue weighted by molar-refractivity contribution is -0.151. The Labute approximate surface area is 129 Å². The number of ether oxygens (including phenoxy) is 1. The Balaban J connectivity index is 2.07. The van der Waals surface area contributed by atoms with Crippen molar-refractivity contribution in [3.8, 4) is 0 Å². The lowest BCUT2D eigenvalue weighted by atomic mass is 9.78. The van der Waals surface area contributed by atoms with Crippen molar-refractivity contribution in [2.75, 3.05) is 20.2 Å². The number of nitrogens with zero attached hydrogens (tertiary/aromatic N) is 1. The first-order valence-corrected chi connectivity index (χ1v) is 8.76. The predicted octanol–water partition coefficient (Wildman–Crippen LogP) is 2.71. The highest BCUT2D eigenvalue weighted by Crippen LogP contribution is 2.37. The van der Waals surface area contributed by atoms with Gasteiger partial charge in [0.1, 0.15) is 5.54 Å². The van der Waals surface area contributed by atoms with Gasteiger partial charge in [-0.15, -0.1) is 0 Å². The summed E-state index contributed by atoms with van der Waals surface area (Å²) in [4.78, 5) is 15.0. The Morgan fingerprint density at radius 3 is 2.62 bits per heavy atom. The van der Waals surface area contributed by atoms with E-state index in [4.69, 9.17) is 4.74 Å². The van der Waals surface area contributed by atoms with Crippen molar-refractivity contribution < 1.29 is 9.53 Å². The Hall–Kier alpha value is -0.610. The van der Waals surface area contributed by atoms with Crippen LogP contribution in [-0.2, 0) is 9.53 Å². The zero-order valence-corrected chi connectivity index (χ0v) is 14.0. The number of likely N-dealkylation sites (N-methyl/N-ethyl adjacent to an activating group) is 1. The van der Waals surface area contributed by atoms with Crippen LogP contribution in [-0.4, -0.2) is 48.7 Å². The van der Waals surface area contributed by atoms with Crippen LogP contribution in [0, 0.1) is 0 Å². The lowest BCUT2D eigenvalue weighted by Gasteiger charge is -2.43. The van der Waals surface area contributed by atoms with E-state index >= 15 is 0 Å². The third-order valence-electron chi connectivity index (χ3n) is 5.07. The Morgan fingerprint density at radius 1 is 1.29 bits per heavy atom. The van der Waals surface area contributed by atoms with E-state index in [1.165, 1.54) is 45.8 Å². The molecule has 2 aliphatic carbocycles. The lowest BCUT2D eigenvalue weighted by Crippen LogP contribution is -2.59. The van der Waals surface area contributed by atoms with Crippen molar-refractivity contribution in [2.24, 2.45) is 0 Å². The number of carbonyl (C=O) groups is 1. The first kappa shape index (κ1) is 16.8. The molecular formula is C17H32N2O2. The molecule has 2 atom stereocenters. The second kappa shape index (κ2) is 7.59. The van der Waals surface area contributed by atoms with Gasteiger partial charge in [-0.3, -0.25) is 9.69 Å². The fourth-order valence-electron chi connectivity index (χ4n) is 3.89. The van der Waals surface area contributed by atoms with E-state index in [0.29, 0.717) is 6.04 Å². The van der Waals surface area contributed by atoms with Crippen molar-refractivity contribution in [3.63, 3.8) is 0 Å². The van der Waals surface area contributed by atoms with Crippen LogP contribution in [0.2, 0.25) is 0 Å². The molecule has 122 valence electrons. The zero-order chi connectivity index (χ0) is 15.3. The van der Waals surface area contributed by atoms with Gasteiger partial charge >= 0.3 is 5.97 Å². The first-order valence-electron chi connectivity index (χ1n) is 8.76. The summed E-state index contributed by atoms with van der Waals surface area (Å²) in [5.74, 6) is -0.0692. The van der Waals surface area contributed by atoms with E-state index in [2.05, 4.69) is 24.1 Å². The van der Waals surface area contributed by atoms with Gasteiger partial charge in [-0.25, -0.2) is 0 Å². The fraction of sp³-hybridized carbons (Fsp3) is 0.941. The van der Waals surface area contributed by atoms with Crippen LogP contribution in [0.5, 0.6) is 0 Å². The molecule has 0 aliphatic heterocycles. The van der Waals surface area contributed by atoms with Crippen molar-refractivity contribution in [1.29, 1.82) is 0 Å². The number of hydrogen-bond donors (Lipinski definition) is 1. The Morgan fingerprint density at radius 2 is 2.05 bits per heavy atom. The normalized spacial score (nSPS) is 29.6. The van der Waals surface area contributed by atoms with E-state index in [-0.39, 0.29) is 5.97 Å². The second-order valence-electron chi connectivity index (χ2n) is 6.68. The molecule has 0 saturated heterocycles. The summed E-state index contributed by atoms with van der Waals surface area (Å²) in [6.45, 7) is 6.34. The fourth-order valence-corrected chi connectivity index (χ4v) is 3.89. The van der Waals surface area contributed by atoms with Crippen LogP contribution in [0.1, 0.15) is 65.2 Å². The summed E-state index contributed by atoms with van der Waals surface area (Å²) in [5.41, 5.74) is -0.453. The molecule has 0 aromatic rings. The predicted molar refractivity (Wildman–Crippen MR) is 85.3 cm³/mol. The highest BCUT2D eigenvalue weighted by molar-refractivity contribution is 5.81. The van der Waals surface area contributed by atoms with Gasteiger partial charge in [0.25, 0.3) is 0 Å². The van der Waals surface area contributed by atoms with E-state index in [1.807, 2.05) is 0 Å². The van der Waals surface area contributed by atoms with Gasteiger partial charge in [-0.2, -0.15) is 0 Å². The number of carbonyl (C=O) groups excluding carboxylic acids is 1. The molecule has 21 heavy (non-hydrogen) atoms. The first-order chi connectivity index (χ1) is 10.2. The quantitative estimate of drug-likeness (QED) is 0.699. The molecule has 4 heteroatoms. The maximum atomic E-state index is 12.3. The maximum absolute atomic E-state index is 12.3. The smallest absolute Gasteiger partial charge is 0.326 e. The maximum Gasteiger partial charge on any atom is 0.326 e. The molecule has 0 heterocycles. The topological polar surface area (TPSA) is 41.6 Å². The van der Waals surface area contributed by atoms with Crippen LogP contribution in [0.4, 0.5) is 0 Å². The minimum atomic E-state index is -0.453. The molecule has 2 unspecified atom stereocenters. The molecule has 2 fully saturated rings. The molecule has 1 N–H and O–H groups in total. The van der Waals surface area contributed by atoms with Gasteiger partial charge in [0, 0.05) is 12.1 Å². The monoisotopic (exact) mass is 296 g/mol. The number of hydrogen-bond acceptors (Lipinski definition) is 4. The molecule has 2 aliphatic rings. The molecule has 0 amide bonds. The highest BCUT2D eigenvalue weighted by Gasteiger charge is 2.46. The Kier molecular flexibility index (Phi) is 6.06. The second-order valence-corrected chi connectivity index (χ2v) is 6.68. The number of esters is 1. The number of rotatable bonds is 8. The van der Waals surface area contributed by atoms with Crippen molar-refractivity contribution in [2.45, 2.75) is 82.8 Å². The molecule has 2 rings (SSSR count). The van der Waals surface area contributed by atoms with Gasteiger partial charge in [0.05, 0.1) is 7.11 Å².